The minimum Gasteiger partial charge on any atom is -0.480 e. The summed E-state index contributed by atoms with van der Waals surface area (Å²) in [5.74, 6) is -3.83. The molecule has 0 aliphatic carbocycles. The summed E-state index contributed by atoms with van der Waals surface area (Å²) in [7, 11) is -3.74. The first-order valence-electron chi connectivity index (χ1n) is 12.2. The molecule has 1 aliphatic rings. The second-order valence-electron chi connectivity index (χ2n) is 9.48. The third-order valence-electron chi connectivity index (χ3n) is 6.22. The van der Waals surface area contributed by atoms with Gasteiger partial charge in [-0.3, -0.25) is 9.78 Å². The Morgan fingerprint density at radius 3 is 2.13 bits per heavy atom. The van der Waals surface area contributed by atoms with Crippen molar-refractivity contribution in [1.29, 1.82) is 0 Å². The maximum Gasteiger partial charge on any atom is 0.326 e. The zero-order valence-corrected chi connectivity index (χ0v) is 21.6. The van der Waals surface area contributed by atoms with E-state index in [2.05, 4.69) is 30.9 Å². The van der Waals surface area contributed by atoms with Crippen LogP contribution in [0.25, 0.3) is 0 Å². The largest absolute Gasteiger partial charge is 0.480 e. The van der Waals surface area contributed by atoms with Crippen molar-refractivity contribution in [2.45, 2.75) is 37.7 Å². The van der Waals surface area contributed by atoms with Crippen molar-refractivity contribution in [3.05, 3.63) is 89.3 Å². The topological polar surface area (TPSA) is 175 Å². The van der Waals surface area contributed by atoms with Gasteiger partial charge in [-0.2, -0.15) is 0 Å². The van der Waals surface area contributed by atoms with Gasteiger partial charge >= 0.3 is 5.97 Å². The molecule has 0 radical (unpaired) electrons. The quantitative estimate of drug-likeness (QED) is 0.351. The molecular weight excluding hydrogens is 524 g/mol. The van der Waals surface area contributed by atoms with E-state index in [1.54, 1.807) is 47.4 Å². The van der Waals surface area contributed by atoms with Crippen molar-refractivity contribution >= 4 is 21.7 Å². The number of hydrogen-bond acceptors (Lipinski definition) is 9. The predicted molar refractivity (Wildman–Crippen MR) is 137 cm³/mol. The van der Waals surface area contributed by atoms with Crippen LogP contribution in [0.3, 0.4) is 0 Å². The van der Waals surface area contributed by atoms with Crippen LogP contribution in [-0.4, -0.2) is 72.2 Å². The molecule has 1 aromatic carbocycles. The Morgan fingerprint density at radius 2 is 1.51 bits per heavy atom. The minimum atomic E-state index is -3.74. The van der Waals surface area contributed by atoms with Crippen LogP contribution < -0.4 is 5.32 Å². The second-order valence-corrected chi connectivity index (χ2v) is 11.6. The number of rotatable bonds is 5. The summed E-state index contributed by atoms with van der Waals surface area (Å²) >= 11 is 0. The highest BCUT2D eigenvalue weighted by Gasteiger charge is 2.31. The van der Waals surface area contributed by atoms with E-state index in [-0.39, 0.29) is 18.6 Å². The lowest BCUT2D eigenvalue weighted by atomic mass is 10.0. The fourth-order valence-corrected chi connectivity index (χ4v) is 6.13. The summed E-state index contributed by atoms with van der Waals surface area (Å²) in [5, 5.41) is 28.7. The zero-order chi connectivity index (χ0) is 27.4. The fourth-order valence-electron chi connectivity index (χ4n) is 4.43. The van der Waals surface area contributed by atoms with Crippen molar-refractivity contribution in [2.24, 2.45) is 5.92 Å². The van der Waals surface area contributed by atoms with Gasteiger partial charge in [0.05, 0.1) is 53.3 Å². The molecule has 1 aliphatic heterocycles. The molecule has 14 heteroatoms. The molecule has 1 amide bonds. The number of carbonyl (C=O) groups is 2. The summed E-state index contributed by atoms with van der Waals surface area (Å²) in [6, 6.07) is 12.9. The number of hydrogen-bond donors (Lipinski definition) is 2. The predicted octanol–water partition coefficient (Wildman–Crippen LogP) is 0.260. The normalized spacial score (nSPS) is 18.2. The van der Waals surface area contributed by atoms with Gasteiger partial charge in [0.15, 0.2) is 9.84 Å². The minimum absolute atomic E-state index is 0.0458. The number of carboxylic acids is 1. The van der Waals surface area contributed by atoms with Crippen LogP contribution in [0.4, 0.5) is 0 Å². The van der Waals surface area contributed by atoms with Crippen LogP contribution in [0.15, 0.2) is 60.9 Å². The number of amides is 1. The first-order valence-corrected chi connectivity index (χ1v) is 14.0. The molecule has 0 saturated carbocycles. The van der Waals surface area contributed by atoms with Crippen LogP contribution in [0.2, 0.25) is 0 Å². The monoisotopic (exact) mass is 550 g/mol. The molecule has 6 bridgehead atoms. The number of aliphatic carboxylic acids is 1. The van der Waals surface area contributed by atoms with E-state index in [1.807, 2.05) is 18.2 Å². The van der Waals surface area contributed by atoms with E-state index in [4.69, 9.17) is 0 Å². The van der Waals surface area contributed by atoms with Gasteiger partial charge in [-0.05, 0) is 17.7 Å². The number of nitrogens with zero attached hydrogens (tertiary/aromatic N) is 7. The molecule has 13 nitrogen and oxygen atoms in total. The van der Waals surface area contributed by atoms with E-state index < -0.39 is 39.4 Å². The van der Waals surface area contributed by atoms with Gasteiger partial charge in [-0.15, -0.1) is 10.2 Å². The number of benzene rings is 1. The van der Waals surface area contributed by atoms with Gasteiger partial charge < -0.3 is 10.4 Å². The Balaban J connectivity index is 1.47. The van der Waals surface area contributed by atoms with Crippen molar-refractivity contribution < 1.29 is 23.1 Å². The first kappa shape index (κ1) is 26.2. The van der Waals surface area contributed by atoms with Gasteiger partial charge in [0.1, 0.15) is 6.04 Å². The maximum absolute atomic E-state index is 13.4. The lowest BCUT2D eigenvalue weighted by Crippen LogP contribution is -2.47. The van der Waals surface area contributed by atoms with Crippen LogP contribution in [0.1, 0.15) is 28.3 Å². The Bertz CT molecular complexity index is 1580. The highest BCUT2D eigenvalue weighted by molar-refractivity contribution is 7.90. The molecule has 5 rings (SSSR count). The third kappa shape index (κ3) is 6.90. The molecule has 2 N–H and O–H groups in total. The summed E-state index contributed by atoms with van der Waals surface area (Å²) in [6.45, 7) is 0.628. The summed E-state index contributed by atoms with van der Waals surface area (Å²) < 4.78 is 29.3. The Kier molecular flexibility index (Phi) is 7.45. The van der Waals surface area contributed by atoms with Crippen molar-refractivity contribution in [1.82, 2.24) is 40.3 Å². The number of sulfone groups is 1. The summed E-state index contributed by atoms with van der Waals surface area (Å²) in [5.41, 5.74) is 2.80. The number of pyridine rings is 1. The highest BCUT2D eigenvalue weighted by Crippen LogP contribution is 2.16. The van der Waals surface area contributed by atoms with Gasteiger partial charge in [-0.1, -0.05) is 46.8 Å². The maximum atomic E-state index is 13.4. The van der Waals surface area contributed by atoms with Crippen molar-refractivity contribution in [2.75, 3.05) is 5.75 Å². The standard InChI is InChI=1S/C25H26N8O5S/c34-24-18(16-39(37,38)15-17-5-2-1-3-6-17)9-21-13-32(30-28-21)11-19-7-4-8-20(26-19)12-33-14-22(29-31-33)10-23(27-24)25(35)36/h1-8,13-14,18,23H,9-12,15-16H2,(H,27,34)(H,35,36)/t18-,23-/m0/s1. The number of carboxylic acid groups (broad SMARTS) is 1. The molecule has 4 aromatic rings. The van der Waals surface area contributed by atoms with E-state index in [0.717, 1.165) is 11.4 Å². The van der Waals surface area contributed by atoms with Gasteiger partial charge in [0.2, 0.25) is 5.91 Å². The zero-order valence-electron chi connectivity index (χ0n) is 20.8. The van der Waals surface area contributed by atoms with E-state index in [1.165, 1.54) is 4.68 Å². The molecule has 4 heterocycles. The third-order valence-corrected chi connectivity index (χ3v) is 7.91. The molecule has 0 unspecified atom stereocenters. The van der Waals surface area contributed by atoms with Gasteiger partial charge in [0, 0.05) is 25.2 Å². The molecule has 39 heavy (non-hydrogen) atoms. The van der Waals surface area contributed by atoms with E-state index in [9.17, 15) is 23.1 Å². The molecule has 2 atom stereocenters. The number of carbonyl (C=O) groups excluding carboxylic acids is 1. The molecule has 3 aromatic heterocycles. The summed E-state index contributed by atoms with van der Waals surface area (Å²) in [6.07, 6.45) is 3.05. The lowest BCUT2D eigenvalue weighted by Gasteiger charge is -2.19. The first-order chi connectivity index (χ1) is 18.7. The van der Waals surface area contributed by atoms with Gasteiger partial charge in [0.25, 0.3) is 0 Å². The average Bonchev–Trinajstić information content (AvgIpc) is 3.52. The smallest absolute Gasteiger partial charge is 0.326 e. The van der Waals surface area contributed by atoms with E-state index in [0.29, 0.717) is 30.0 Å². The highest BCUT2D eigenvalue weighted by atomic mass is 32.2. The van der Waals surface area contributed by atoms with Crippen LogP contribution in [0.5, 0.6) is 0 Å². The Labute approximate surface area is 223 Å². The number of fused-ring (bicyclic) bond motifs is 6. The van der Waals surface area contributed by atoms with Crippen LogP contribution in [-0.2, 0) is 51.1 Å². The van der Waals surface area contributed by atoms with Crippen LogP contribution >= 0.6 is 0 Å². The number of nitrogens with one attached hydrogen (secondary N) is 1. The average molecular weight is 551 g/mol. The molecule has 0 spiro atoms. The molecule has 0 fully saturated rings. The lowest BCUT2D eigenvalue weighted by molar-refractivity contribution is -0.142. The molecule has 202 valence electrons. The second kappa shape index (κ2) is 11.1. The SMILES string of the molecule is O=C1N[C@H](C(=O)O)Cc2cn(nn2)Cc2cccc(n2)Cn2cc(nn2)C[C@H]1CS(=O)(=O)Cc1ccccc1. The van der Waals surface area contributed by atoms with Crippen LogP contribution in [0, 0.1) is 5.92 Å². The van der Waals surface area contributed by atoms with Gasteiger partial charge in [-0.25, -0.2) is 22.6 Å². The van der Waals surface area contributed by atoms with Crippen molar-refractivity contribution in [3.8, 4) is 0 Å². The Hall–Kier alpha value is -4.46. The fraction of sp³-hybridized carbons (Fsp3) is 0.320. The molecule has 0 saturated heterocycles. The van der Waals surface area contributed by atoms with Crippen molar-refractivity contribution in [3.63, 3.8) is 0 Å². The Morgan fingerprint density at radius 1 is 0.897 bits per heavy atom. The molecular formula is C25H26N8O5S. The number of aromatic nitrogens is 7. The summed E-state index contributed by atoms with van der Waals surface area (Å²) in [4.78, 5) is 30.0. The van der Waals surface area contributed by atoms with E-state index >= 15 is 0 Å².